The fraction of sp³-hybridized carbons (Fsp3) is 0.154. The fourth-order valence-corrected chi connectivity index (χ4v) is 3.44. The highest BCUT2D eigenvalue weighted by atomic mass is 35.5. The van der Waals surface area contributed by atoms with Crippen molar-refractivity contribution in [3.63, 3.8) is 0 Å². The van der Waals surface area contributed by atoms with Crippen LogP contribution >= 0.6 is 11.6 Å². The Morgan fingerprint density at radius 1 is 1.06 bits per heavy atom. The maximum Gasteiger partial charge on any atom is 0.416 e. The number of aliphatic hydroxyl groups is 1. The largest absolute Gasteiger partial charge is 0.416 e. The lowest BCUT2D eigenvalue weighted by atomic mass is 10.1. The van der Waals surface area contributed by atoms with Crippen molar-refractivity contribution < 1.29 is 32.3 Å². The van der Waals surface area contributed by atoms with E-state index >= 15 is 0 Å². The Morgan fingerprint density at radius 3 is 2.28 bits per heavy atom. The summed E-state index contributed by atoms with van der Waals surface area (Å²) in [5.41, 5.74) is 0.0468. The van der Waals surface area contributed by atoms with E-state index in [0.717, 1.165) is 11.3 Å². The van der Waals surface area contributed by atoms with E-state index in [-0.39, 0.29) is 18.1 Å². The van der Waals surface area contributed by atoms with Crippen LogP contribution in [0.5, 0.6) is 0 Å². The molecule has 0 aliphatic rings. The molecule has 0 atom stereocenters. The number of nitrogens with one attached hydrogen (secondary N) is 1. The lowest BCUT2D eigenvalue weighted by molar-refractivity contribution is -0.137. The number of likely N-dealkylation sites (N-methyl/N-ethyl adjacent to an activating group) is 1. The Bertz CT molecular complexity index is 1270. The minimum atomic E-state index is -4.81. The molecular weight excluding hydrogens is 500 g/mol. The molecule has 0 radical (unpaired) electrons. The number of hydrogen-bond donors (Lipinski definition) is 2. The van der Waals surface area contributed by atoms with Crippen molar-refractivity contribution in [2.75, 3.05) is 30.4 Å². The number of rotatable bonds is 8. The molecule has 188 valence electrons. The molecule has 0 spiro atoms. The summed E-state index contributed by atoms with van der Waals surface area (Å²) in [6, 6.07) is 13.7. The zero-order chi connectivity index (χ0) is 26.5. The van der Waals surface area contributed by atoms with Gasteiger partial charge in [0.15, 0.2) is 11.6 Å². The van der Waals surface area contributed by atoms with Crippen LogP contribution in [0.15, 0.2) is 66.7 Å². The molecule has 10 heteroatoms. The molecule has 0 unspecified atom stereocenters. The van der Waals surface area contributed by atoms with Crippen LogP contribution in [0, 0.1) is 5.82 Å². The highest BCUT2D eigenvalue weighted by Crippen LogP contribution is 2.33. The molecule has 0 bridgehead atoms. The van der Waals surface area contributed by atoms with Crippen molar-refractivity contribution >= 4 is 40.7 Å². The number of allylic oxidation sites excluding steroid dienone is 1. The first kappa shape index (κ1) is 26.9. The molecule has 0 fully saturated rings. The maximum absolute atomic E-state index is 14.2. The summed E-state index contributed by atoms with van der Waals surface area (Å²) in [4.78, 5) is 26.7. The SMILES string of the molecule is CN(CCO)c1ccc(/C=C/C(=O)c2ccc(NC(=O)c3cc(C(F)(F)F)cc(Cl)c3F)cc2)cc1. The number of alkyl halides is 3. The quantitative estimate of drug-likeness (QED) is 0.215. The first-order valence-electron chi connectivity index (χ1n) is 10.6. The van der Waals surface area contributed by atoms with Gasteiger partial charge in [-0.3, -0.25) is 9.59 Å². The summed E-state index contributed by atoms with van der Waals surface area (Å²) in [6.45, 7) is 0.526. The van der Waals surface area contributed by atoms with Crippen molar-refractivity contribution in [1.29, 1.82) is 0 Å². The third-order valence-electron chi connectivity index (χ3n) is 5.22. The van der Waals surface area contributed by atoms with Gasteiger partial charge in [0.2, 0.25) is 0 Å². The summed E-state index contributed by atoms with van der Waals surface area (Å²) < 4.78 is 53.1. The normalized spacial score (nSPS) is 11.5. The number of carbonyl (C=O) groups is 2. The highest BCUT2D eigenvalue weighted by Gasteiger charge is 2.33. The molecule has 3 aromatic carbocycles. The number of ketones is 1. The molecule has 1 amide bonds. The first-order chi connectivity index (χ1) is 17.0. The van der Waals surface area contributed by atoms with Crippen molar-refractivity contribution in [3.8, 4) is 0 Å². The fourth-order valence-electron chi connectivity index (χ4n) is 3.22. The van der Waals surface area contributed by atoms with Crippen molar-refractivity contribution in [2.24, 2.45) is 0 Å². The molecule has 2 N–H and O–H groups in total. The van der Waals surface area contributed by atoms with E-state index in [9.17, 15) is 27.2 Å². The number of halogens is 5. The molecule has 0 saturated carbocycles. The monoisotopic (exact) mass is 520 g/mol. The smallest absolute Gasteiger partial charge is 0.395 e. The van der Waals surface area contributed by atoms with E-state index in [2.05, 4.69) is 5.32 Å². The molecule has 0 aliphatic carbocycles. The average molecular weight is 521 g/mol. The van der Waals surface area contributed by atoms with Gasteiger partial charge >= 0.3 is 6.18 Å². The molecule has 0 aromatic heterocycles. The van der Waals surface area contributed by atoms with E-state index in [4.69, 9.17) is 16.7 Å². The van der Waals surface area contributed by atoms with Gasteiger partial charge in [-0.1, -0.05) is 29.8 Å². The van der Waals surface area contributed by atoms with Crippen LogP contribution in [0.4, 0.5) is 28.9 Å². The Morgan fingerprint density at radius 2 is 1.69 bits per heavy atom. The summed E-state index contributed by atoms with van der Waals surface area (Å²) in [7, 11) is 1.85. The number of carbonyl (C=O) groups excluding carboxylic acids is 2. The Labute approximate surface area is 209 Å². The van der Waals surface area contributed by atoms with Gasteiger partial charge in [-0.25, -0.2) is 4.39 Å². The zero-order valence-corrected chi connectivity index (χ0v) is 19.7. The molecule has 0 aliphatic heterocycles. The van der Waals surface area contributed by atoms with Gasteiger partial charge in [-0.2, -0.15) is 13.2 Å². The summed E-state index contributed by atoms with van der Waals surface area (Å²) in [5, 5.41) is 10.5. The van der Waals surface area contributed by atoms with E-state index < -0.39 is 34.1 Å². The number of anilines is 2. The van der Waals surface area contributed by atoms with Crippen LogP contribution < -0.4 is 10.2 Å². The Kier molecular flexibility index (Phi) is 8.49. The molecular formula is C26H21ClF4N2O3. The summed E-state index contributed by atoms with van der Waals surface area (Å²) in [6.07, 6.45) is -1.80. The van der Waals surface area contributed by atoms with Crippen LogP contribution in [0.3, 0.4) is 0 Å². The summed E-state index contributed by atoms with van der Waals surface area (Å²) in [5.74, 6) is -2.70. The predicted molar refractivity (Wildman–Crippen MR) is 131 cm³/mol. The van der Waals surface area contributed by atoms with Gasteiger partial charge in [0, 0.05) is 30.5 Å². The van der Waals surface area contributed by atoms with Gasteiger partial charge in [0.1, 0.15) is 0 Å². The van der Waals surface area contributed by atoms with Crippen molar-refractivity contribution in [2.45, 2.75) is 6.18 Å². The van der Waals surface area contributed by atoms with Crippen molar-refractivity contribution in [1.82, 2.24) is 0 Å². The third kappa shape index (κ3) is 6.71. The molecule has 5 nitrogen and oxygen atoms in total. The van der Waals surface area contributed by atoms with Crippen LogP contribution in [-0.4, -0.2) is 37.0 Å². The second-order valence-corrected chi connectivity index (χ2v) is 8.19. The van der Waals surface area contributed by atoms with Crippen LogP contribution in [-0.2, 0) is 6.18 Å². The van der Waals surface area contributed by atoms with Crippen LogP contribution in [0.1, 0.15) is 31.8 Å². The van der Waals surface area contributed by atoms with E-state index in [0.29, 0.717) is 24.2 Å². The second kappa shape index (κ2) is 11.4. The predicted octanol–water partition coefficient (Wildman–Crippen LogP) is 6.07. The van der Waals surface area contributed by atoms with Gasteiger partial charge in [-0.15, -0.1) is 0 Å². The summed E-state index contributed by atoms with van der Waals surface area (Å²) >= 11 is 5.53. The van der Waals surface area contributed by atoms with E-state index in [1.165, 1.54) is 30.3 Å². The van der Waals surface area contributed by atoms with Gasteiger partial charge < -0.3 is 15.3 Å². The van der Waals surface area contributed by atoms with E-state index in [1.807, 2.05) is 36.2 Å². The lowest BCUT2D eigenvalue weighted by Gasteiger charge is -2.17. The van der Waals surface area contributed by atoms with Gasteiger partial charge in [-0.05, 0) is 60.2 Å². The topological polar surface area (TPSA) is 69.6 Å². The number of aliphatic hydroxyl groups excluding tert-OH is 1. The minimum absolute atomic E-state index is 0.0333. The lowest BCUT2D eigenvalue weighted by Crippen LogP contribution is -2.20. The van der Waals surface area contributed by atoms with Crippen LogP contribution in [0.25, 0.3) is 6.08 Å². The van der Waals surface area contributed by atoms with E-state index in [1.54, 1.807) is 6.08 Å². The first-order valence-corrected chi connectivity index (χ1v) is 11.0. The zero-order valence-electron chi connectivity index (χ0n) is 18.9. The number of benzene rings is 3. The molecule has 3 aromatic rings. The molecule has 36 heavy (non-hydrogen) atoms. The van der Waals surface area contributed by atoms with Crippen LogP contribution in [0.2, 0.25) is 5.02 Å². The standard InChI is InChI=1S/C26H21ClF4N2O3/c1-33(12-13-34)20-9-2-16(3-10-20)4-11-23(35)17-5-7-19(8-6-17)32-25(36)21-14-18(26(29,30)31)15-22(27)24(21)28/h2-11,14-15,34H,12-13H2,1H3,(H,32,36)/b11-4+. The molecule has 3 rings (SSSR count). The average Bonchev–Trinajstić information content (AvgIpc) is 2.84. The number of hydrogen-bond acceptors (Lipinski definition) is 4. The maximum atomic E-state index is 14.2. The number of amides is 1. The van der Waals surface area contributed by atoms with Gasteiger partial charge in [0.05, 0.1) is 22.8 Å². The Hall–Kier alpha value is -3.69. The second-order valence-electron chi connectivity index (χ2n) is 7.78. The third-order valence-corrected chi connectivity index (χ3v) is 5.50. The van der Waals surface area contributed by atoms with Gasteiger partial charge in [0.25, 0.3) is 5.91 Å². The Balaban J connectivity index is 1.67. The molecule has 0 saturated heterocycles. The van der Waals surface area contributed by atoms with Crippen molar-refractivity contribution in [3.05, 3.63) is 99.8 Å². The molecule has 0 heterocycles. The minimum Gasteiger partial charge on any atom is -0.395 e. The highest BCUT2D eigenvalue weighted by molar-refractivity contribution is 6.31. The number of nitrogens with zero attached hydrogens (tertiary/aromatic N) is 1.